The van der Waals surface area contributed by atoms with Crippen molar-refractivity contribution in [1.82, 2.24) is 9.78 Å². The van der Waals surface area contributed by atoms with Crippen LogP contribution in [0.1, 0.15) is 12.5 Å². The van der Waals surface area contributed by atoms with E-state index in [-0.39, 0.29) is 5.82 Å². The van der Waals surface area contributed by atoms with Crippen molar-refractivity contribution in [2.75, 3.05) is 0 Å². The molecular weight excluding hydrogens is 287 g/mol. The SMILES string of the molecule is CCn1cc(COc2ccc(F)cc2Br)cn1. The second-order valence-corrected chi connectivity index (χ2v) is 4.42. The van der Waals surface area contributed by atoms with Gasteiger partial charge in [-0.3, -0.25) is 4.68 Å². The summed E-state index contributed by atoms with van der Waals surface area (Å²) in [7, 11) is 0. The number of aromatic nitrogens is 2. The number of rotatable bonds is 4. The molecule has 0 bridgehead atoms. The first-order chi connectivity index (χ1) is 8.19. The first-order valence-electron chi connectivity index (χ1n) is 5.28. The van der Waals surface area contributed by atoms with Gasteiger partial charge in [-0.25, -0.2) is 4.39 Å². The molecule has 1 aromatic carbocycles. The van der Waals surface area contributed by atoms with Gasteiger partial charge < -0.3 is 4.74 Å². The molecule has 0 spiro atoms. The lowest BCUT2D eigenvalue weighted by molar-refractivity contribution is 0.303. The van der Waals surface area contributed by atoms with Gasteiger partial charge >= 0.3 is 0 Å². The Bertz CT molecular complexity index is 513. The third-order valence-electron chi connectivity index (χ3n) is 2.30. The standard InChI is InChI=1S/C12H12BrFN2O/c1-2-16-7-9(6-15-16)8-17-12-4-3-10(14)5-11(12)13/h3-7H,2,8H2,1H3. The Balaban J connectivity index is 2.02. The van der Waals surface area contributed by atoms with Crippen LogP contribution in [0.15, 0.2) is 35.1 Å². The maximum absolute atomic E-state index is 12.9. The molecule has 0 fully saturated rings. The summed E-state index contributed by atoms with van der Waals surface area (Å²) in [5.41, 5.74) is 0.989. The molecule has 0 saturated carbocycles. The highest BCUT2D eigenvalue weighted by Gasteiger charge is 2.04. The molecule has 1 aromatic heterocycles. The van der Waals surface area contributed by atoms with Gasteiger partial charge in [-0.05, 0) is 41.1 Å². The molecular formula is C12H12BrFN2O. The molecule has 0 saturated heterocycles. The Morgan fingerprint density at radius 3 is 2.94 bits per heavy atom. The molecule has 0 amide bonds. The van der Waals surface area contributed by atoms with Crippen LogP contribution in [0, 0.1) is 5.82 Å². The number of halogens is 2. The molecule has 3 nitrogen and oxygen atoms in total. The van der Waals surface area contributed by atoms with Crippen molar-refractivity contribution < 1.29 is 9.13 Å². The lowest BCUT2D eigenvalue weighted by Crippen LogP contribution is -1.96. The van der Waals surface area contributed by atoms with Crippen LogP contribution in [0.3, 0.4) is 0 Å². The van der Waals surface area contributed by atoms with Crippen LogP contribution < -0.4 is 4.74 Å². The lowest BCUT2D eigenvalue weighted by Gasteiger charge is -2.06. The van der Waals surface area contributed by atoms with E-state index in [1.807, 2.05) is 17.8 Å². The number of hydrogen-bond acceptors (Lipinski definition) is 2. The maximum Gasteiger partial charge on any atom is 0.134 e. The quantitative estimate of drug-likeness (QED) is 0.865. The van der Waals surface area contributed by atoms with Crippen molar-refractivity contribution in [2.45, 2.75) is 20.1 Å². The van der Waals surface area contributed by atoms with Crippen LogP contribution >= 0.6 is 15.9 Å². The van der Waals surface area contributed by atoms with Gasteiger partial charge in [-0.15, -0.1) is 0 Å². The monoisotopic (exact) mass is 298 g/mol. The largest absolute Gasteiger partial charge is 0.488 e. The van der Waals surface area contributed by atoms with Crippen molar-refractivity contribution in [1.29, 1.82) is 0 Å². The molecule has 0 atom stereocenters. The molecule has 90 valence electrons. The first-order valence-corrected chi connectivity index (χ1v) is 6.07. The van der Waals surface area contributed by atoms with Gasteiger partial charge in [0.2, 0.25) is 0 Å². The normalized spacial score (nSPS) is 10.5. The molecule has 2 rings (SSSR count). The van der Waals surface area contributed by atoms with Gasteiger partial charge in [0, 0.05) is 18.3 Å². The van der Waals surface area contributed by atoms with Crippen molar-refractivity contribution in [3.8, 4) is 5.75 Å². The Morgan fingerprint density at radius 2 is 2.29 bits per heavy atom. The number of hydrogen-bond donors (Lipinski definition) is 0. The summed E-state index contributed by atoms with van der Waals surface area (Å²) in [5.74, 6) is 0.332. The van der Waals surface area contributed by atoms with Crippen molar-refractivity contribution in [3.05, 3.63) is 46.4 Å². The molecule has 0 N–H and O–H groups in total. The van der Waals surface area contributed by atoms with Crippen LogP contribution in [0.25, 0.3) is 0 Å². The van der Waals surface area contributed by atoms with Gasteiger partial charge in [0.25, 0.3) is 0 Å². The molecule has 2 aromatic rings. The number of aryl methyl sites for hydroxylation is 1. The minimum Gasteiger partial charge on any atom is -0.488 e. The fourth-order valence-electron chi connectivity index (χ4n) is 1.41. The fourth-order valence-corrected chi connectivity index (χ4v) is 1.87. The van der Waals surface area contributed by atoms with Crippen LogP contribution in [-0.2, 0) is 13.2 Å². The molecule has 17 heavy (non-hydrogen) atoms. The van der Waals surface area contributed by atoms with Crippen LogP contribution in [0.2, 0.25) is 0 Å². The van der Waals surface area contributed by atoms with E-state index in [4.69, 9.17) is 4.74 Å². The summed E-state index contributed by atoms with van der Waals surface area (Å²) in [6.45, 7) is 3.28. The molecule has 5 heteroatoms. The van der Waals surface area contributed by atoms with Gasteiger partial charge in [0.05, 0.1) is 10.7 Å². The van der Waals surface area contributed by atoms with Crippen LogP contribution in [0.5, 0.6) is 5.75 Å². The van der Waals surface area contributed by atoms with Gasteiger partial charge in [0.1, 0.15) is 18.2 Å². The zero-order valence-electron chi connectivity index (χ0n) is 9.36. The second-order valence-electron chi connectivity index (χ2n) is 3.57. The Hall–Kier alpha value is -1.36. The summed E-state index contributed by atoms with van der Waals surface area (Å²) in [5, 5.41) is 4.15. The fraction of sp³-hybridized carbons (Fsp3) is 0.250. The highest BCUT2D eigenvalue weighted by molar-refractivity contribution is 9.10. The van der Waals surface area contributed by atoms with E-state index in [1.165, 1.54) is 12.1 Å². The van der Waals surface area contributed by atoms with Gasteiger partial charge in [-0.2, -0.15) is 5.10 Å². The summed E-state index contributed by atoms with van der Waals surface area (Å²) in [4.78, 5) is 0. The zero-order valence-corrected chi connectivity index (χ0v) is 10.9. The summed E-state index contributed by atoms with van der Waals surface area (Å²) < 4.78 is 20.9. The Labute approximate surface area is 107 Å². The maximum atomic E-state index is 12.9. The zero-order chi connectivity index (χ0) is 12.3. The van der Waals surface area contributed by atoms with E-state index in [9.17, 15) is 4.39 Å². The molecule has 0 aliphatic rings. The number of ether oxygens (including phenoxy) is 1. The molecule has 1 heterocycles. The van der Waals surface area contributed by atoms with Crippen molar-refractivity contribution in [2.24, 2.45) is 0 Å². The van der Waals surface area contributed by atoms with Gasteiger partial charge in [-0.1, -0.05) is 0 Å². The van der Waals surface area contributed by atoms with E-state index in [0.29, 0.717) is 16.8 Å². The molecule has 0 aliphatic carbocycles. The van der Waals surface area contributed by atoms with Gasteiger partial charge in [0.15, 0.2) is 0 Å². The van der Waals surface area contributed by atoms with E-state index in [2.05, 4.69) is 21.0 Å². The minimum atomic E-state index is -0.289. The smallest absolute Gasteiger partial charge is 0.134 e. The van der Waals surface area contributed by atoms with E-state index in [0.717, 1.165) is 12.1 Å². The summed E-state index contributed by atoms with van der Waals surface area (Å²) in [6, 6.07) is 4.35. The topological polar surface area (TPSA) is 27.1 Å². The predicted octanol–water partition coefficient (Wildman–Crippen LogP) is 3.38. The molecule has 0 radical (unpaired) electrons. The van der Waals surface area contributed by atoms with Crippen molar-refractivity contribution in [3.63, 3.8) is 0 Å². The van der Waals surface area contributed by atoms with E-state index in [1.54, 1.807) is 12.3 Å². The lowest BCUT2D eigenvalue weighted by atomic mass is 10.3. The van der Waals surface area contributed by atoms with E-state index >= 15 is 0 Å². The second kappa shape index (κ2) is 5.31. The first kappa shape index (κ1) is 12.1. The van der Waals surface area contributed by atoms with Crippen LogP contribution in [-0.4, -0.2) is 9.78 Å². The van der Waals surface area contributed by atoms with Crippen LogP contribution in [0.4, 0.5) is 4.39 Å². The summed E-state index contributed by atoms with van der Waals surface area (Å²) >= 11 is 3.25. The number of benzene rings is 1. The predicted molar refractivity (Wildman–Crippen MR) is 66.3 cm³/mol. The third kappa shape index (κ3) is 3.06. The summed E-state index contributed by atoms with van der Waals surface area (Å²) in [6.07, 6.45) is 3.69. The third-order valence-corrected chi connectivity index (χ3v) is 2.92. The molecule has 0 unspecified atom stereocenters. The minimum absolute atomic E-state index is 0.289. The number of nitrogens with zero attached hydrogens (tertiary/aromatic N) is 2. The highest BCUT2D eigenvalue weighted by atomic mass is 79.9. The van der Waals surface area contributed by atoms with Crippen molar-refractivity contribution >= 4 is 15.9 Å². The Morgan fingerprint density at radius 1 is 1.47 bits per heavy atom. The average Bonchev–Trinajstić information content (AvgIpc) is 2.76. The highest BCUT2D eigenvalue weighted by Crippen LogP contribution is 2.26. The van der Waals surface area contributed by atoms with E-state index < -0.39 is 0 Å². The molecule has 0 aliphatic heterocycles. The average molecular weight is 299 g/mol. The Kier molecular flexibility index (Phi) is 3.78.